The Bertz CT molecular complexity index is 779. The molecule has 0 heterocycles. The summed E-state index contributed by atoms with van der Waals surface area (Å²) in [6, 6.07) is -0.870. The van der Waals surface area contributed by atoms with Gasteiger partial charge in [0.25, 0.3) is 0 Å². The molecule has 0 saturated carbocycles. The summed E-state index contributed by atoms with van der Waals surface area (Å²) in [5.41, 5.74) is 5.34. The van der Waals surface area contributed by atoms with E-state index in [0.717, 1.165) is 38.5 Å². The molecule has 0 fully saturated rings. The molecule has 0 rings (SSSR count). The van der Waals surface area contributed by atoms with Gasteiger partial charge >= 0.3 is 7.82 Å². The van der Waals surface area contributed by atoms with Crippen LogP contribution in [-0.4, -0.2) is 47.8 Å². The Hall–Kier alpha value is -1.02. The molecule has 0 aromatic heterocycles. The molecule has 1 amide bonds. The van der Waals surface area contributed by atoms with Crippen LogP contribution in [0.4, 0.5) is 0 Å². The van der Waals surface area contributed by atoms with Gasteiger partial charge in [-0.15, -0.1) is 0 Å². The zero-order valence-corrected chi connectivity index (χ0v) is 30.7. The van der Waals surface area contributed by atoms with Crippen molar-refractivity contribution < 1.29 is 28.4 Å². The Labute approximate surface area is 283 Å². The molecule has 0 aliphatic rings. The molecule has 0 bridgehead atoms. The van der Waals surface area contributed by atoms with Crippen molar-refractivity contribution in [2.45, 2.75) is 187 Å². The van der Waals surface area contributed by atoms with E-state index >= 15 is 0 Å². The minimum atomic E-state index is -4.33. The zero-order chi connectivity index (χ0) is 34.0. The van der Waals surface area contributed by atoms with Gasteiger partial charge in [-0.05, 0) is 32.1 Å². The number of aliphatic hydroxyl groups excluding tert-OH is 1. The molecular weight excluding hydrogens is 599 g/mol. The molecule has 0 aliphatic carbocycles. The largest absolute Gasteiger partial charge is 0.472 e. The van der Waals surface area contributed by atoms with Crippen molar-refractivity contribution in [3.05, 3.63) is 24.3 Å². The van der Waals surface area contributed by atoms with Crippen LogP contribution in [-0.2, 0) is 18.4 Å². The third-order valence-corrected chi connectivity index (χ3v) is 9.26. The normalized spacial score (nSPS) is 14.6. The van der Waals surface area contributed by atoms with Crippen molar-refractivity contribution >= 4 is 13.7 Å². The fourth-order valence-corrected chi connectivity index (χ4v) is 6.14. The molecular formula is C37H73N2O6P. The molecule has 0 aliphatic heterocycles. The lowest BCUT2D eigenvalue weighted by atomic mass is 10.0. The van der Waals surface area contributed by atoms with Gasteiger partial charge in [0.1, 0.15) is 0 Å². The molecule has 0 aromatic carbocycles. The van der Waals surface area contributed by atoms with Crippen molar-refractivity contribution in [3.63, 3.8) is 0 Å². The molecule has 272 valence electrons. The highest BCUT2D eigenvalue weighted by atomic mass is 31.2. The fourth-order valence-electron chi connectivity index (χ4n) is 5.38. The number of amides is 1. The second-order valence-corrected chi connectivity index (χ2v) is 14.2. The number of hydrogen-bond acceptors (Lipinski definition) is 6. The van der Waals surface area contributed by atoms with E-state index in [1.54, 1.807) is 6.08 Å². The average Bonchev–Trinajstić information content (AvgIpc) is 3.04. The van der Waals surface area contributed by atoms with Crippen LogP contribution in [0.3, 0.4) is 0 Å². The van der Waals surface area contributed by atoms with E-state index in [2.05, 4.69) is 31.3 Å². The highest BCUT2D eigenvalue weighted by molar-refractivity contribution is 7.47. The number of rotatable bonds is 35. The second-order valence-electron chi connectivity index (χ2n) is 12.8. The molecule has 0 spiro atoms. The molecule has 5 N–H and O–H groups in total. The summed E-state index contributed by atoms with van der Waals surface area (Å²) in [4.78, 5) is 22.5. The summed E-state index contributed by atoms with van der Waals surface area (Å²) >= 11 is 0. The first-order chi connectivity index (χ1) is 22.4. The molecule has 3 unspecified atom stereocenters. The predicted molar refractivity (Wildman–Crippen MR) is 194 cm³/mol. The maximum Gasteiger partial charge on any atom is 0.472 e. The number of nitrogens with two attached hydrogens (primary N) is 1. The van der Waals surface area contributed by atoms with Crippen LogP contribution in [0.25, 0.3) is 0 Å². The number of phosphoric acid groups is 1. The third-order valence-electron chi connectivity index (χ3n) is 8.28. The van der Waals surface area contributed by atoms with Crippen LogP contribution < -0.4 is 11.1 Å². The minimum absolute atomic E-state index is 0.0754. The Morgan fingerprint density at radius 2 is 1.15 bits per heavy atom. The number of nitrogens with one attached hydrogen (secondary N) is 1. The number of carbonyl (C=O) groups is 1. The number of carbonyl (C=O) groups excluding carboxylic acids is 1. The lowest BCUT2D eigenvalue weighted by molar-refractivity contribution is -0.123. The Kier molecular flexibility index (Phi) is 33.1. The highest BCUT2D eigenvalue weighted by Crippen LogP contribution is 2.43. The molecule has 0 radical (unpaired) electrons. The molecule has 9 heteroatoms. The van der Waals surface area contributed by atoms with E-state index in [1.807, 2.05) is 6.08 Å². The standard InChI is InChI=1S/C37H73N2O6P/c1-3-5-7-9-11-13-15-16-17-18-19-20-21-23-25-27-29-31-37(41)39-35(34-45-46(42,43)44-33-32-38)36(40)30-28-26-24-22-14-12-10-8-6-4-2/h14,22,28,30,35-36,40H,3-13,15-21,23-27,29,31-34,38H2,1-2H3,(H,39,41)(H,42,43)/b22-14+,30-28+. The summed E-state index contributed by atoms with van der Waals surface area (Å²) in [5, 5.41) is 13.5. The lowest BCUT2D eigenvalue weighted by Gasteiger charge is -2.23. The fraction of sp³-hybridized carbons (Fsp3) is 0.865. The van der Waals surface area contributed by atoms with Crippen LogP contribution in [0.2, 0.25) is 0 Å². The monoisotopic (exact) mass is 673 g/mol. The van der Waals surface area contributed by atoms with Crippen molar-refractivity contribution in [2.24, 2.45) is 5.73 Å². The van der Waals surface area contributed by atoms with E-state index in [0.29, 0.717) is 6.42 Å². The lowest BCUT2D eigenvalue weighted by Crippen LogP contribution is -2.45. The van der Waals surface area contributed by atoms with E-state index < -0.39 is 20.0 Å². The molecule has 0 saturated heterocycles. The number of phosphoric ester groups is 1. The maximum absolute atomic E-state index is 12.7. The van der Waals surface area contributed by atoms with Gasteiger partial charge < -0.3 is 21.1 Å². The van der Waals surface area contributed by atoms with Gasteiger partial charge in [-0.3, -0.25) is 13.8 Å². The van der Waals surface area contributed by atoms with E-state index in [9.17, 15) is 19.4 Å². The number of aliphatic hydroxyl groups is 1. The quantitative estimate of drug-likeness (QED) is 0.0299. The average molecular weight is 673 g/mol. The van der Waals surface area contributed by atoms with Crippen molar-refractivity contribution in [1.82, 2.24) is 5.32 Å². The first-order valence-electron chi connectivity index (χ1n) is 19.0. The Balaban J connectivity index is 4.24. The molecule has 3 atom stereocenters. The van der Waals surface area contributed by atoms with Gasteiger partial charge in [-0.2, -0.15) is 0 Å². The summed E-state index contributed by atoms with van der Waals surface area (Å²) in [6.45, 7) is 4.07. The molecule has 46 heavy (non-hydrogen) atoms. The van der Waals surface area contributed by atoms with Crippen LogP contribution in [0.1, 0.15) is 174 Å². The number of unbranched alkanes of at least 4 members (excludes halogenated alkanes) is 21. The summed E-state index contributed by atoms with van der Waals surface area (Å²) in [5.74, 6) is -0.205. The molecule has 0 aromatic rings. The van der Waals surface area contributed by atoms with Crippen LogP contribution in [0.15, 0.2) is 24.3 Å². The SMILES string of the molecule is CCCCCC/C=C/CC/C=C/C(O)C(COP(=O)(O)OCCN)NC(=O)CCCCCCCCCCCCCCCCCCC. The second kappa shape index (κ2) is 33.9. The van der Waals surface area contributed by atoms with E-state index in [-0.39, 0.29) is 25.7 Å². The number of hydrogen-bond donors (Lipinski definition) is 4. The Morgan fingerprint density at radius 1 is 0.696 bits per heavy atom. The van der Waals surface area contributed by atoms with Crippen molar-refractivity contribution in [1.29, 1.82) is 0 Å². The third kappa shape index (κ3) is 31.6. The van der Waals surface area contributed by atoms with Crippen molar-refractivity contribution in [3.8, 4) is 0 Å². The minimum Gasteiger partial charge on any atom is -0.387 e. The van der Waals surface area contributed by atoms with Gasteiger partial charge in [0.2, 0.25) is 5.91 Å². The Morgan fingerprint density at radius 3 is 1.67 bits per heavy atom. The highest BCUT2D eigenvalue weighted by Gasteiger charge is 2.26. The van der Waals surface area contributed by atoms with E-state index in [1.165, 1.54) is 116 Å². The van der Waals surface area contributed by atoms with Crippen molar-refractivity contribution in [2.75, 3.05) is 19.8 Å². The maximum atomic E-state index is 12.7. The predicted octanol–water partition coefficient (Wildman–Crippen LogP) is 9.83. The summed E-state index contributed by atoms with van der Waals surface area (Å²) in [7, 11) is -4.33. The smallest absolute Gasteiger partial charge is 0.387 e. The zero-order valence-electron chi connectivity index (χ0n) is 29.8. The molecule has 8 nitrogen and oxygen atoms in total. The van der Waals surface area contributed by atoms with Gasteiger partial charge in [-0.25, -0.2) is 4.57 Å². The van der Waals surface area contributed by atoms with Crippen LogP contribution in [0.5, 0.6) is 0 Å². The topological polar surface area (TPSA) is 131 Å². The van der Waals surface area contributed by atoms with Gasteiger partial charge in [0.15, 0.2) is 0 Å². The van der Waals surface area contributed by atoms with Gasteiger partial charge in [0, 0.05) is 13.0 Å². The van der Waals surface area contributed by atoms with E-state index in [4.69, 9.17) is 14.8 Å². The summed E-state index contributed by atoms with van der Waals surface area (Å²) < 4.78 is 22.0. The number of allylic oxidation sites excluding steroid dienone is 3. The summed E-state index contributed by atoms with van der Waals surface area (Å²) in [6.07, 6.45) is 36.6. The first-order valence-corrected chi connectivity index (χ1v) is 20.5. The van der Waals surface area contributed by atoms with Gasteiger partial charge in [-0.1, -0.05) is 160 Å². The first kappa shape index (κ1) is 45.0. The van der Waals surface area contributed by atoms with Gasteiger partial charge in [0.05, 0.1) is 25.4 Å². The van der Waals surface area contributed by atoms with Crippen LogP contribution >= 0.6 is 7.82 Å². The van der Waals surface area contributed by atoms with Crippen LogP contribution in [0, 0.1) is 0 Å².